The highest BCUT2D eigenvalue weighted by atomic mass is 127. The zero-order valence-electron chi connectivity index (χ0n) is 23.7. The monoisotopic (exact) mass is 758 g/mol. The molecule has 0 unspecified atom stereocenters. The summed E-state index contributed by atoms with van der Waals surface area (Å²) < 4.78 is 16.5. The lowest BCUT2D eigenvalue weighted by molar-refractivity contribution is -0.136. The Hall–Kier alpha value is -2.60. The highest BCUT2D eigenvalue weighted by molar-refractivity contribution is 14.1. The van der Waals surface area contributed by atoms with E-state index in [-0.39, 0.29) is 13.5 Å². The normalized spacial score (nSPS) is 14.6. The van der Waals surface area contributed by atoms with Gasteiger partial charge in [-0.1, -0.05) is 56.1 Å². The Labute approximate surface area is 264 Å². The minimum Gasteiger partial charge on any atom is -0.489 e. The van der Waals surface area contributed by atoms with E-state index in [1.165, 1.54) is 20.9 Å². The number of carbonyl (C=O) groups is 1. The van der Waals surface area contributed by atoms with Crippen molar-refractivity contribution in [2.75, 3.05) is 6.61 Å². The molecule has 0 amide bonds. The molecule has 1 aliphatic rings. The van der Waals surface area contributed by atoms with Crippen molar-refractivity contribution in [2.45, 2.75) is 47.9 Å². The summed E-state index contributed by atoms with van der Waals surface area (Å²) in [5.41, 5.74) is 9.33. The van der Waals surface area contributed by atoms with Gasteiger partial charge in [-0.2, -0.15) is 0 Å². The second-order valence-electron chi connectivity index (χ2n) is 10.1. The number of ether oxygens (including phenoxy) is 2. The molecular weight excluding hydrogens is 725 g/mol. The summed E-state index contributed by atoms with van der Waals surface area (Å²) in [5, 5.41) is 0. The van der Waals surface area contributed by atoms with E-state index in [9.17, 15) is 4.79 Å². The number of aliphatic imine (C=N–C) groups is 1. The average molecular weight is 758 g/mol. The summed E-state index contributed by atoms with van der Waals surface area (Å²) >= 11 is 4.75. The molecule has 0 radical (unpaired) electrons. The third kappa shape index (κ3) is 6.82. The summed E-state index contributed by atoms with van der Waals surface area (Å²) in [5.74, 6) is 0.336. The molecule has 2 aromatic carbocycles. The largest absolute Gasteiger partial charge is 0.489 e. The number of allylic oxidation sites excluding steroid dienone is 2. The van der Waals surface area contributed by atoms with Gasteiger partial charge in [0.1, 0.15) is 19.0 Å². The van der Waals surface area contributed by atoms with Gasteiger partial charge in [0, 0.05) is 30.2 Å². The minimum absolute atomic E-state index is 0.129. The summed E-state index contributed by atoms with van der Waals surface area (Å²) in [6.45, 7) is 13.6. The number of carbonyl (C=O) groups excluding carboxylic acids is 1. The molecule has 40 heavy (non-hydrogen) atoms. The Bertz CT molecular complexity index is 1550. The van der Waals surface area contributed by atoms with Crippen LogP contribution in [0.25, 0.3) is 11.6 Å². The summed E-state index contributed by atoms with van der Waals surface area (Å²) in [6.07, 6.45) is 3.23. The minimum atomic E-state index is -0.407. The lowest BCUT2D eigenvalue weighted by Crippen LogP contribution is -2.21. The van der Waals surface area contributed by atoms with Crippen LogP contribution in [0.2, 0.25) is 13.6 Å². The van der Waals surface area contributed by atoms with Crippen molar-refractivity contribution in [2.24, 2.45) is 4.99 Å². The van der Waals surface area contributed by atoms with E-state index in [1.54, 1.807) is 6.08 Å². The van der Waals surface area contributed by atoms with Crippen molar-refractivity contribution in [3.8, 4) is 5.75 Å². The Morgan fingerprint density at radius 3 is 2.40 bits per heavy atom. The van der Waals surface area contributed by atoms with Gasteiger partial charge < -0.3 is 14.0 Å². The Balaban J connectivity index is 1.55. The van der Waals surface area contributed by atoms with E-state index in [0.29, 0.717) is 6.61 Å². The van der Waals surface area contributed by atoms with E-state index in [1.807, 2.05) is 61.5 Å². The first kappa shape index (κ1) is 30.4. The number of nitrogens with zero attached hydrogens (tertiary/aromatic N) is 2. The molecule has 0 atom stereocenters. The summed E-state index contributed by atoms with van der Waals surface area (Å²) in [4.78, 5) is 17.8. The van der Waals surface area contributed by atoms with E-state index >= 15 is 0 Å². The van der Waals surface area contributed by atoms with Gasteiger partial charge in [-0.05, 0) is 113 Å². The first-order chi connectivity index (χ1) is 19.1. The third-order valence-electron chi connectivity index (χ3n) is 6.85. The number of rotatable bonds is 9. The lowest BCUT2D eigenvalue weighted by Gasteiger charge is -2.19. The molecule has 0 bridgehead atoms. The molecule has 0 aliphatic carbocycles. The average Bonchev–Trinajstić information content (AvgIpc) is 3.33. The predicted molar refractivity (Wildman–Crippen MR) is 183 cm³/mol. The van der Waals surface area contributed by atoms with Gasteiger partial charge in [0.15, 0.2) is 0 Å². The number of esters is 1. The van der Waals surface area contributed by atoms with Gasteiger partial charge in [-0.15, -0.1) is 0 Å². The molecule has 8 heteroatoms. The molecule has 3 aromatic rings. The number of aromatic nitrogens is 1. The molecule has 2 heterocycles. The Kier molecular flexibility index (Phi) is 10.2. The molecule has 0 saturated carbocycles. The van der Waals surface area contributed by atoms with Crippen LogP contribution in [-0.4, -0.2) is 29.6 Å². The van der Waals surface area contributed by atoms with E-state index < -0.39 is 5.97 Å². The van der Waals surface area contributed by atoms with Crippen LogP contribution in [0.4, 0.5) is 0 Å². The molecule has 0 saturated heterocycles. The third-order valence-corrected chi connectivity index (χ3v) is 10.0. The van der Waals surface area contributed by atoms with Crippen molar-refractivity contribution in [3.63, 3.8) is 0 Å². The number of halogens is 2. The molecule has 1 aliphatic heterocycles. The second kappa shape index (κ2) is 13.4. The Morgan fingerprint density at radius 2 is 1.75 bits per heavy atom. The van der Waals surface area contributed by atoms with E-state index in [0.717, 1.165) is 48.7 Å². The first-order valence-electron chi connectivity index (χ1n) is 13.2. The number of hydrogen-bond acceptors (Lipinski definition) is 4. The molecule has 206 valence electrons. The van der Waals surface area contributed by atoms with Gasteiger partial charge in [0.25, 0.3) is 6.85 Å². The fraction of sp³-hybridized carbons (Fsp3) is 0.250. The lowest BCUT2D eigenvalue weighted by atomic mass is 9.67. The molecular formula is C32H33BI2N2O3. The summed E-state index contributed by atoms with van der Waals surface area (Å²) in [6, 6.07) is 17.7. The maximum Gasteiger partial charge on any atom is 0.331 e. The van der Waals surface area contributed by atoms with Crippen LogP contribution in [-0.2, 0) is 16.1 Å². The van der Waals surface area contributed by atoms with Crippen LogP contribution < -0.4 is 4.74 Å². The molecule has 0 spiro atoms. The van der Waals surface area contributed by atoms with Gasteiger partial charge in [-0.3, -0.25) is 4.99 Å². The number of hydrogen-bond donors (Lipinski definition) is 0. The van der Waals surface area contributed by atoms with Crippen molar-refractivity contribution in [1.29, 1.82) is 0 Å². The quantitative estimate of drug-likeness (QED) is 0.0953. The highest BCUT2D eigenvalue weighted by Crippen LogP contribution is 2.38. The Morgan fingerprint density at radius 1 is 1.02 bits per heavy atom. The van der Waals surface area contributed by atoms with Gasteiger partial charge in [-0.25, -0.2) is 4.79 Å². The van der Waals surface area contributed by atoms with Gasteiger partial charge in [0.05, 0.1) is 11.4 Å². The molecule has 0 fully saturated rings. The smallest absolute Gasteiger partial charge is 0.331 e. The maximum absolute atomic E-state index is 12.9. The van der Waals surface area contributed by atoms with Crippen molar-refractivity contribution in [3.05, 3.63) is 107 Å². The zero-order valence-corrected chi connectivity index (χ0v) is 28.0. The highest BCUT2D eigenvalue weighted by Gasteiger charge is 2.27. The van der Waals surface area contributed by atoms with Gasteiger partial charge in [0.2, 0.25) is 0 Å². The molecule has 5 nitrogen and oxygen atoms in total. The van der Waals surface area contributed by atoms with Crippen LogP contribution in [0.1, 0.15) is 41.9 Å². The SMILES string of the molecule is CB(C)n1c(C)c(I)c(C)c1/C(COC(=O)/C=C/c1cccc(OCc2ccccc2)c1)=C1\N=C(C)C(I)=C1C. The van der Waals surface area contributed by atoms with E-state index in [2.05, 4.69) is 84.1 Å². The van der Waals surface area contributed by atoms with Crippen LogP contribution in [0.5, 0.6) is 5.75 Å². The first-order valence-corrected chi connectivity index (χ1v) is 15.4. The fourth-order valence-electron chi connectivity index (χ4n) is 4.87. The molecule has 1 aromatic heterocycles. The van der Waals surface area contributed by atoms with Crippen LogP contribution in [0, 0.1) is 17.4 Å². The summed E-state index contributed by atoms with van der Waals surface area (Å²) in [7, 11) is 0. The standard InChI is InChI=1S/C32H33BI2N2O3/c1-20-29(34)22(3)36-31(20)27(32-21(2)30(35)23(4)37(32)33(5)6)19-40-28(38)16-15-24-13-10-14-26(17-24)39-18-25-11-8-7-9-12-25/h7-17H,18-19H2,1-6H3/b16-15+,31-27-. The van der Waals surface area contributed by atoms with Gasteiger partial charge >= 0.3 is 5.97 Å². The fourth-order valence-corrected chi connectivity index (χ4v) is 5.76. The molecule has 0 N–H and O–H groups in total. The molecule has 4 rings (SSSR count). The topological polar surface area (TPSA) is 52.8 Å². The van der Waals surface area contributed by atoms with Crippen LogP contribution >= 0.6 is 45.2 Å². The van der Waals surface area contributed by atoms with Crippen molar-refractivity contribution in [1.82, 2.24) is 4.48 Å². The zero-order chi connectivity index (χ0) is 29.0. The van der Waals surface area contributed by atoms with E-state index in [4.69, 9.17) is 14.5 Å². The maximum atomic E-state index is 12.9. The van der Waals surface area contributed by atoms with Crippen molar-refractivity contribution < 1.29 is 14.3 Å². The second-order valence-corrected chi connectivity index (χ2v) is 12.2. The number of benzene rings is 2. The van der Waals surface area contributed by atoms with Crippen LogP contribution in [0.3, 0.4) is 0 Å². The van der Waals surface area contributed by atoms with Crippen LogP contribution in [0.15, 0.2) is 80.5 Å². The predicted octanol–water partition coefficient (Wildman–Crippen LogP) is 8.54. The van der Waals surface area contributed by atoms with Crippen molar-refractivity contribution >= 4 is 75.4 Å².